The molecule has 0 aliphatic heterocycles. The molecule has 4 N–H and O–H groups in total. The highest BCUT2D eigenvalue weighted by atomic mass is 16.5. The molecule has 2 aliphatic carbocycles. The number of aromatic amines is 1. The molecule has 38 heavy (non-hydrogen) atoms. The number of fused-ring (bicyclic) bond motifs is 1. The maximum Gasteiger partial charge on any atom is 0.255 e. The number of hydrogen-bond donors (Lipinski definition) is 4. The highest BCUT2D eigenvalue weighted by Gasteiger charge is 2.28. The van der Waals surface area contributed by atoms with E-state index in [1.807, 2.05) is 31.2 Å². The molecule has 3 aromatic rings. The van der Waals surface area contributed by atoms with Gasteiger partial charge in [-0.3, -0.25) is 14.6 Å². The van der Waals surface area contributed by atoms with Crippen molar-refractivity contribution in [3.05, 3.63) is 41.7 Å². The molecule has 0 unspecified atom stereocenters. The van der Waals surface area contributed by atoms with Crippen LogP contribution >= 0.6 is 0 Å². The van der Waals surface area contributed by atoms with Gasteiger partial charge < -0.3 is 30.2 Å². The van der Waals surface area contributed by atoms with E-state index in [9.17, 15) is 14.7 Å². The van der Waals surface area contributed by atoms with E-state index in [0.29, 0.717) is 23.6 Å². The van der Waals surface area contributed by atoms with Gasteiger partial charge in [0.2, 0.25) is 5.91 Å². The van der Waals surface area contributed by atoms with Gasteiger partial charge in [-0.1, -0.05) is 0 Å². The number of ether oxygens (including phenoxy) is 2. The first-order chi connectivity index (χ1) is 18.3. The Bertz CT molecular complexity index is 1320. The van der Waals surface area contributed by atoms with E-state index >= 15 is 0 Å². The molecule has 0 bridgehead atoms. The van der Waals surface area contributed by atoms with Gasteiger partial charge in [-0.05, 0) is 82.6 Å². The van der Waals surface area contributed by atoms with Gasteiger partial charge in [0.1, 0.15) is 23.1 Å². The number of aliphatic hydroxyl groups excluding tert-OH is 1. The molecule has 2 heterocycles. The van der Waals surface area contributed by atoms with Crippen molar-refractivity contribution in [2.75, 3.05) is 13.7 Å². The van der Waals surface area contributed by atoms with Crippen molar-refractivity contribution in [2.24, 2.45) is 5.92 Å². The van der Waals surface area contributed by atoms with Crippen LogP contribution in [0.4, 0.5) is 0 Å². The Hall–Kier alpha value is -3.59. The molecule has 1 aromatic carbocycles. The summed E-state index contributed by atoms with van der Waals surface area (Å²) in [5.41, 5.74) is 4.48. The summed E-state index contributed by atoms with van der Waals surface area (Å²) in [6, 6.07) is 7.75. The molecule has 2 amide bonds. The van der Waals surface area contributed by atoms with Crippen molar-refractivity contribution < 1.29 is 24.2 Å². The van der Waals surface area contributed by atoms with Crippen LogP contribution in [0, 0.1) is 12.8 Å². The van der Waals surface area contributed by atoms with Crippen molar-refractivity contribution in [1.82, 2.24) is 20.6 Å². The Morgan fingerprint density at radius 1 is 1.08 bits per heavy atom. The van der Waals surface area contributed by atoms with Gasteiger partial charge in [-0.15, -0.1) is 0 Å². The standard InChI is InChI=1S/C29H36N4O5/c1-16-25(29(36)33-20-8-6-19(7-9-20)32-28(35)17(2)34)27-26(31-16)22(12-13-30-27)23-14-21(37-3)10-11-24(23)38-15-18-4-5-18/h10-14,17-20,31,34H,4-9,15H2,1-3H3,(H,32,35)(H,33,36)/t17-,19-,20+/m0/s1. The summed E-state index contributed by atoms with van der Waals surface area (Å²) in [6.45, 7) is 4.04. The van der Waals surface area contributed by atoms with E-state index in [0.717, 1.165) is 59.5 Å². The second kappa shape index (κ2) is 11.0. The SMILES string of the molecule is COc1ccc(OCC2CC2)c(-c2ccnc3c(C(=O)N[C@H]4CC[C@@H](NC(=O)[C@H](C)O)CC4)c(C)[nH]c23)c1. The first kappa shape index (κ1) is 26.0. The van der Waals surface area contributed by atoms with E-state index < -0.39 is 6.10 Å². The maximum atomic E-state index is 13.4. The molecular weight excluding hydrogens is 484 g/mol. The predicted molar refractivity (Wildman–Crippen MR) is 144 cm³/mol. The third kappa shape index (κ3) is 5.62. The number of benzene rings is 1. The monoisotopic (exact) mass is 520 g/mol. The third-order valence-corrected chi connectivity index (χ3v) is 7.54. The molecule has 1 atom stereocenters. The summed E-state index contributed by atoms with van der Waals surface area (Å²) in [6.07, 6.45) is 6.12. The van der Waals surface area contributed by atoms with E-state index in [2.05, 4.69) is 20.6 Å². The first-order valence-corrected chi connectivity index (χ1v) is 13.4. The van der Waals surface area contributed by atoms with Crippen LogP contribution in [0.2, 0.25) is 0 Å². The van der Waals surface area contributed by atoms with Gasteiger partial charge >= 0.3 is 0 Å². The summed E-state index contributed by atoms with van der Waals surface area (Å²) < 4.78 is 11.7. The number of hydrogen-bond acceptors (Lipinski definition) is 6. The van der Waals surface area contributed by atoms with E-state index in [1.165, 1.54) is 19.8 Å². The zero-order valence-electron chi connectivity index (χ0n) is 22.2. The van der Waals surface area contributed by atoms with Crippen LogP contribution < -0.4 is 20.1 Å². The fraction of sp³-hybridized carbons (Fsp3) is 0.483. The van der Waals surface area contributed by atoms with Gasteiger partial charge in [0, 0.05) is 35.1 Å². The molecule has 2 fully saturated rings. The number of nitrogens with zero attached hydrogens (tertiary/aromatic N) is 1. The van der Waals surface area contributed by atoms with E-state index in [4.69, 9.17) is 9.47 Å². The van der Waals surface area contributed by atoms with Crippen molar-refractivity contribution in [1.29, 1.82) is 0 Å². The minimum absolute atomic E-state index is 0.00976. The number of nitrogens with one attached hydrogen (secondary N) is 3. The Morgan fingerprint density at radius 2 is 1.79 bits per heavy atom. The van der Waals surface area contributed by atoms with Crippen LogP contribution in [0.15, 0.2) is 30.5 Å². The van der Waals surface area contributed by atoms with Crippen molar-refractivity contribution >= 4 is 22.8 Å². The maximum absolute atomic E-state index is 13.4. The number of methoxy groups -OCH3 is 1. The average Bonchev–Trinajstić information content (AvgIpc) is 3.67. The normalized spacial score (nSPS) is 20.1. The average molecular weight is 521 g/mol. The number of H-pyrrole nitrogens is 1. The van der Waals surface area contributed by atoms with Crippen molar-refractivity contribution in [3.8, 4) is 22.6 Å². The molecule has 202 valence electrons. The molecule has 9 nitrogen and oxygen atoms in total. The van der Waals surface area contributed by atoms with E-state index in [1.54, 1.807) is 13.3 Å². The lowest BCUT2D eigenvalue weighted by molar-refractivity contribution is -0.129. The smallest absolute Gasteiger partial charge is 0.255 e. The summed E-state index contributed by atoms with van der Waals surface area (Å²) >= 11 is 0. The van der Waals surface area contributed by atoms with E-state index in [-0.39, 0.29) is 23.9 Å². The Balaban J connectivity index is 1.36. The van der Waals surface area contributed by atoms with Crippen LogP contribution in [0.5, 0.6) is 11.5 Å². The quantitative estimate of drug-likeness (QED) is 0.339. The first-order valence-electron chi connectivity index (χ1n) is 13.4. The van der Waals surface area contributed by atoms with Crippen LogP contribution in [-0.2, 0) is 4.79 Å². The van der Waals surface area contributed by atoms with Crippen LogP contribution in [0.1, 0.15) is 61.5 Å². The molecule has 2 aliphatic rings. The molecule has 9 heteroatoms. The summed E-state index contributed by atoms with van der Waals surface area (Å²) in [5.74, 6) is 1.61. The number of carbonyl (C=O) groups excluding carboxylic acids is 2. The molecule has 2 saturated carbocycles. The van der Waals surface area contributed by atoms with Gasteiger partial charge in [0.15, 0.2) is 0 Å². The lowest BCUT2D eigenvalue weighted by Crippen LogP contribution is -2.46. The van der Waals surface area contributed by atoms with Crippen LogP contribution in [0.3, 0.4) is 0 Å². The number of carbonyl (C=O) groups is 2. The molecule has 0 spiro atoms. The Labute approximate surface area is 222 Å². The molecule has 0 saturated heterocycles. The van der Waals surface area contributed by atoms with Gasteiger partial charge in [0.25, 0.3) is 5.91 Å². The lowest BCUT2D eigenvalue weighted by Gasteiger charge is -2.30. The lowest BCUT2D eigenvalue weighted by atomic mass is 9.90. The minimum atomic E-state index is -1.02. The molecule has 0 radical (unpaired) electrons. The van der Waals surface area contributed by atoms with Gasteiger partial charge in [-0.25, -0.2) is 0 Å². The second-order valence-corrected chi connectivity index (χ2v) is 10.5. The van der Waals surface area contributed by atoms with Crippen molar-refractivity contribution in [3.63, 3.8) is 0 Å². The Kier molecular flexibility index (Phi) is 7.56. The largest absolute Gasteiger partial charge is 0.497 e. The van der Waals surface area contributed by atoms with Gasteiger partial charge in [0.05, 0.1) is 24.8 Å². The zero-order chi connectivity index (χ0) is 26.8. The number of aliphatic hydroxyl groups is 1. The minimum Gasteiger partial charge on any atom is -0.497 e. The predicted octanol–water partition coefficient (Wildman–Crippen LogP) is 3.87. The molecule has 5 rings (SSSR count). The summed E-state index contributed by atoms with van der Waals surface area (Å²) in [5, 5.41) is 15.5. The number of amides is 2. The van der Waals surface area contributed by atoms with Crippen LogP contribution in [0.25, 0.3) is 22.2 Å². The van der Waals surface area contributed by atoms with Gasteiger partial charge in [-0.2, -0.15) is 0 Å². The number of pyridine rings is 1. The topological polar surface area (TPSA) is 126 Å². The van der Waals surface area contributed by atoms with Crippen LogP contribution in [-0.4, -0.2) is 58.8 Å². The highest BCUT2D eigenvalue weighted by Crippen LogP contribution is 2.39. The van der Waals surface area contributed by atoms with Crippen molar-refractivity contribution in [2.45, 2.75) is 70.6 Å². The Morgan fingerprint density at radius 3 is 2.45 bits per heavy atom. The fourth-order valence-corrected chi connectivity index (χ4v) is 5.13. The second-order valence-electron chi connectivity index (χ2n) is 10.5. The molecule has 2 aromatic heterocycles. The zero-order valence-corrected chi connectivity index (χ0v) is 22.2. The number of rotatable bonds is 9. The fourth-order valence-electron chi connectivity index (χ4n) is 5.13. The highest BCUT2D eigenvalue weighted by molar-refractivity contribution is 6.09. The summed E-state index contributed by atoms with van der Waals surface area (Å²) in [7, 11) is 1.64. The number of aryl methyl sites for hydroxylation is 1. The molecular formula is C29H36N4O5. The third-order valence-electron chi connectivity index (χ3n) is 7.54. The number of aromatic nitrogens is 2. The summed E-state index contributed by atoms with van der Waals surface area (Å²) in [4.78, 5) is 33.2.